The number of phosphoric acid groups is 1. The number of hydrogen-bond acceptors (Lipinski definition) is 10. The van der Waals surface area contributed by atoms with Gasteiger partial charge < -0.3 is 24.2 Å². The topological polar surface area (TPSA) is 155 Å². The quantitative estimate of drug-likeness (QED) is 0.0197. The lowest BCUT2D eigenvalue weighted by molar-refractivity contribution is -0.161. The van der Waals surface area contributed by atoms with Crippen molar-refractivity contribution in [2.75, 3.05) is 26.4 Å². The number of carbonyl (C=O) groups is 3. The molecule has 462 valence electrons. The standard InChI is InChI=1S/C68H119O11P/c1-4-7-10-13-16-19-22-25-28-31-32-35-38-41-44-47-50-53-56-59-68(72)79-65(61-75-66(70)57-54-51-48-45-42-39-36-33-29-26-23-20-17-14-11-8-5-2)63-77-80(73,74)76-62-64(60-69)78-67(71)58-55-52-49-46-43-40-37-34-30-27-24-21-18-15-12-9-6-3/h8-9,11-12,17-18,20-21,25-30,64-65,69H,4-7,10,13-16,19,22-24,31-63H2,1-3H3,(H,73,74)/b11-8-,12-9-,20-17-,21-18-,28-25-,29-26-,30-27-. The van der Waals surface area contributed by atoms with Gasteiger partial charge in [0.2, 0.25) is 0 Å². The zero-order valence-corrected chi connectivity index (χ0v) is 52.2. The Morgan fingerprint density at radius 2 is 0.650 bits per heavy atom. The molecule has 0 aromatic rings. The molecule has 0 aromatic carbocycles. The summed E-state index contributed by atoms with van der Waals surface area (Å²) in [7, 11) is -4.76. The molecule has 0 rings (SSSR count). The second-order valence-electron chi connectivity index (χ2n) is 21.5. The molecule has 0 saturated carbocycles. The van der Waals surface area contributed by atoms with Gasteiger partial charge in [0, 0.05) is 19.3 Å². The summed E-state index contributed by atoms with van der Waals surface area (Å²) in [5.41, 5.74) is 0. The fourth-order valence-corrected chi connectivity index (χ4v) is 9.69. The Morgan fingerprint density at radius 3 is 1.01 bits per heavy atom. The maximum Gasteiger partial charge on any atom is 0.472 e. The van der Waals surface area contributed by atoms with Crippen molar-refractivity contribution in [3.63, 3.8) is 0 Å². The lowest BCUT2D eigenvalue weighted by Crippen LogP contribution is -2.30. The normalized spacial score (nSPS) is 13.8. The van der Waals surface area contributed by atoms with Crippen LogP contribution >= 0.6 is 7.82 Å². The van der Waals surface area contributed by atoms with Crippen LogP contribution in [0, 0.1) is 0 Å². The van der Waals surface area contributed by atoms with Gasteiger partial charge in [0.15, 0.2) is 6.10 Å². The van der Waals surface area contributed by atoms with Gasteiger partial charge in [0.25, 0.3) is 0 Å². The molecule has 0 radical (unpaired) electrons. The molecule has 2 N–H and O–H groups in total. The van der Waals surface area contributed by atoms with Crippen molar-refractivity contribution in [3.05, 3.63) is 85.1 Å². The highest BCUT2D eigenvalue weighted by Crippen LogP contribution is 2.43. The number of esters is 3. The Labute approximate surface area is 490 Å². The van der Waals surface area contributed by atoms with E-state index in [4.69, 9.17) is 23.3 Å². The van der Waals surface area contributed by atoms with Crippen molar-refractivity contribution < 1.29 is 52.2 Å². The van der Waals surface area contributed by atoms with Crippen molar-refractivity contribution in [1.82, 2.24) is 0 Å². The van der Waals surface area contributed by atoms with Crippen LogP contribution in [-0.4, -0.2) is 66.5 Å². The molecule has 12 heteroatoms. The number of ether oxygens (including phenoxy) is 3. The smallest absolute Gasteiger partial charge is 0.462 e. The molecule has 0 aliphatic carbocycles. The van der Waals surface area contributed by atoms with Crippen LogP contribution in [-0.2, 0) is 42.2 Å². The van der Waals surface area contributed by atoms with Gasteiger partial charge in [0.1, 0.15) is 12.7 Å². The van der Waals surface area contributed by atoms with Crippen LogP contribution in [0.25, 0.3) is 0 Å². The second kappa shape index (κ2) is 61.7. The van der Waals surface area contributed by atoms with Gasteiger partial charge in [-0.25, -0.2) is 4.57 Å². The summed E-state index contributed by atoms with van der Waals surface area (Å²) in [6.07, 6.45) is 72.4. The van der Waals surface area contributed by atoms with Crippen molar-refractivity contribution in [1.29, 1.82) is 0 Å². The Hall–Kier alpha value is -3.34. The minimum Gasteiger partial charge on any atom is -0.462 e. The molecule has 0 bridgehead atoms. The summed E-state index contributed by atoms with van der Waals surface area (Å²) in [5, 5.41) is 9.86. The second-order valence-corrected chi connectivity index (χ2v) is 23.0. The molecule has 11 nitrogen and oxygen atoms in total. The Bertz CT molecular complexity index is 1670. The number of phosphoric ester groups is 1. The number of hydrogen-bond donors (Lipinski definition) is 2. The predicted octanol–water partition coefficient (Wildman–Crippen LogP) is 19.8. The Balaban J connectivity index is 4.71. The van der Waals surface area contributed by atoms with Crippen molar-refractivity contribution in [3.8, 4) is 0 Å². The maximum absolute atomic E-state index is 13.0. The first-order chi connectivity index (χ1) is 39.2. The summed E-state index contributed by atoms with van der Waals surface area (Å²) in [5.74, 6) is -1.48. The van der Waals surface area contributed by atoms with Gasteiger partial charge in [-0.3, -0.25) is 23.4 Å². The minimum absolute atomic E-state index is 0.161. The third-order valence-corrected chi connectivity index (χ3v) is 14.7. The maximum atomic E-state index is 13.0. The molecule has 3 unspecified atom stereocenters. The average molecular weight is 1140 g/mol. The average Bonchev–Trinajstić information content (AvgIpc) is 3.45. The van der Waals surface area contributed by atoms with E-state index in [0.717, 1.165) is 122 Å². The third-order valence-electron chi connectivity index (χ3n) is 13.8. The van der Waals surface area contributed by atoms with Crippen molar-refractivity contribution >= 4 is 25.7 Å². The molecule has 0 amide bonds. The van der Waals surface area contributed by atoms with Gasteiger partial charge in [-0.2, -0.15) is 0 Å². The number of unbranched alkanes of at least 4 members (excludes halogenated alkanes) is 29. The van der Waals surface area contributed by atoms with Crippen LogP contribution in [0.15, 0.2) is 85.1 Å². The number of allylic oxidation sites excluding steroid dienone is 14. The van der Waals surface area contributed by atoms with E-state index in [2.05, 4.69) is 106 Å². The van der Waals surface area contributed by atoms with Gasteiger partial charge >= 0.3 is 25.7 Å². The van der Waals surface area contributed by atoms with E-state index < -0.39 is 57.8 Å². The molecule has 0 aliphatic heterocycles. The SMILES string of the molecule is CC/C=C\C/C=C\C/C=C\CCCCCCCCCC(=O)OCC(COP(=O)(O)OCC(CO)OC(=O)CCCCCCCCC/C=C\C/C=C\C/C=C\CC)OC(=O)CCCCCCCCCCC/C=C\CCCCCCCC. The summed E-state index contributed by atoms with van der Waals surface area (Å²) in [6, 6.07) is 0. The molecule has 0 heterocycles. The lowest BCUT2D eigenvalue weighted by Gasteiger charge is -2.21. The van der Waals surface area contributed by atoms with Crippen LogP contribution < -0.4 is 0 Å². The number of carbonyl (C=O) groups excluding carboxylic acids is 3. The minimum atomic E-state index is -4.76. The molecule has 80 heavy (non-hydrogen) atoms. The van der Waals surface area contributed by atoms with Gasteiger partial charge in [-0.15, -0.1) is 0 Å². The van der Waals surface area contributed by atoms with E-state index in [1.807, 2.05) is 0 Å². The van der Waals surface area contributed by atoms with E-state index >= 15 is 0 Å². The van der Waals surface area contributed by atoms with Crippen molar-refractivity contribution in [2.45, 2.75) is 303 Å². The van der Waals surface area contributed by atoms with Crippen LogP contribution in [0.2, 0.25) is 0 Å². The molecule has 0 aromatic heterocycles. The monoisotopic (exact) mass is 1140 g/mol. The zero-order valence-electron chi connectivity index (χ0n) is 51.3. The fraction of sp³-hybridized carbons (Fsp3) is 0.750. The first-order valence-corrected chi connectivity index (χ1v) is 34.0. The summed E-state index contributed by atoms with van der Waals surface area (Å²) < 4.78 is 39.7. The molecule has 0 aliphatic rings. The summed E-state index contributed by atoms with van der Waals surface area (Å²) >= 11 is 0. The largest absolute Gasteiger partial charge is 0.472 e. The van der Waals surface area contributed by atoms with Crippen LogP contribution in [0.5, 0.6) is 0 Å². The Morgan fingerprint density at radius 1 is 0.362 bits per heavy atom. The highest BCUT2D eigenvalue weighted by molar-refractivity contribution is 7.47. The zero-order chi connectivity index (χ0) is 58.3. The predicted molar refractivity (Wildman–Crippen MR) is 334 cm³/mol. The molecule has 0 fully saturated rings. The molecule has 0 spiro atoms. The third kappa shape index (κ3) is 59.3. The number of aliphatic hydroxyl groups excluding tert-OH is 1. The first kappa shape index (κ1) is 76.7. The van der Waals surface area contributed by atoms with E-state index in [9.17, 15) is 28.9 Å². The highest BCUT2D eigenvalue weighted by Gasteiger charge is 2.28. The van der Waals surface area contributed by atoms with Gasteiger partial charge in [-0.05, 0) is 109 Å². The van der Waals surface area contributed by atoms with E-state index in [-0.39, 0.29) is 25.9 Å². The Kier molecular flexibility index (Phi) is 59.1. The van der Waals surface area contributed by atoms with Gasteiger partial charge in [-0.1, -0.05) is 247 Å². The lowest BCUT2D eigenvalue weighted by atomic mass is 10.1. The molecular formula is C68H119O11P. The molecular weight excluding hydrogens is 1020 g/mol. The van der Waals surface area contributed by atoms with Crippen molar-refractivity contribution in [2.24, 2.45) is 0 Å². The van der Waals surface area contributed by atoms with E-state index in [0.29, 0.717) is 19.3 Å². The van der Waals surface area contributed by atoms with Crippen LogP contribution in [0.1, 0.15) is 290 Å². The van der Waals surface area contributed by atoms with E-state index in [1.54, 1.807) is 0 Å². The summed E-state index contributed by atoms with van der Waals surface area (Å²) in [4.78, 5) is 48.8. The number of rotatable bonds is 60. The summed E-state index contributed by atoms with van der Waals surface area (Å²) in [6.45, 7) is 4.44. The number of aliphatic hydroxyl groups is 1. The van der Waals surface area contributed by atoms with Crippen LogP contribution in [0.4, 0.5) is 0 Å². The molecule has 0 saturated heterocycles. The highest BCUT2D eigenvalue weighted by atomic mass is 31.2. The van der Waals surface area contributed by atoms with Crippen LogP contribution in [0.3, 0.4) is 0 Å². The fourth-order valence-electron chi connectivity index (χ4n) is 8.91. The van der Waals surface area contributed by atoms with Gasteiger partial charge in [0.05, 0.1) is 19.8 Å². The molecule has 3 atom stereocenters. The first-order valence-electron chi connectivity index (χ1n) is 32.5. The van der Waals surface area contributed by atoms with E-state index in [1.165, 1.54) is 109 Å².